The summed E-state index contributed by atoms with van der Waals surface area (Å²) in [5.41, 5.74) is 15.2. The van der Waals surface area contributed by atoms with Gasteiger partial charge in [0.15, 0.2) is 0 Å². The van der Waals surface area contributed by atoms with Crippen LogP contribution in [0.25, 0.3) is 17.2 Å². The minimum atomic E-state index is -0.583. The zero-order valence-electron chi connectivity index (χ0n) is 19.6. The first kappa shape index (κ1) is 25.8. The van der Waals surface area contributed by atoms with Gasteiger partial charge >= 0.3 is 6.09 Å². The summed E-state index contributed by atoms with van der Waals surface area (Å²) in [6.07, 6.45) is 2.00. The molecule has 0 atom stereocenters. The van der Waals surface area contributed by atoms with Crippen molar-refractivity contribution < 1.29 is 19.1 Å². The minimum Gasteiger partial charge on any atom is -0.450 e. The average Bonchev–Trinajstić information content (AvgIpc) is 2.95. The summed E-state index contributed by atoms with van der Waals surface area (Å²) in [4.78, 5) is 42.2. The molecule has 1 aliphatic heterocycles. The molecule has 184 valence electrons. The second-order valence-electron chi connectivity index (χ2n) is 7.96. The van der Waals surface area contributed by atoms with Gasteiger partial charge in [0.2, 0.25) is 5.91 Å². The lowest BCUT2D eigenvalue weighted by Gasteiger charge is -2.21. The fourth-order valence-corrected chi connectivity index (χ4v) is 4.02. The van der Waals surface area contributed by atoms with E-state index in [9.17, 15) is 14.4 Å². The Hall–Kier alpha value is -3.85. The molecule has 0 fully saturated rings. The number of aliphatic imine (C=N–C) groups is 1. The first-order valence-electron chi connectivity index (χ1n) is 11.2. The summed E-state index contributed by atoms with van der Waals surface area (Å²) in [5.74, 6) is -0.602. The summed E-state index contributed by atoms with van der Waals surface area (Å²) in [6, 6.07) is 10.7. The van der Waals surface area contributed by atoms with Crippen molar-refractivity contribution in [3.63, 3.8) is 0 Å². The van der Waals surface area contributed by atoms with Gasteiger partial charge in [-0.2, -0.15) is 0 Å². The Labute approximate surface area is 208 Å². The molecular weight excluding hydrogens is 470 g/mol. The van der Waals surface area contributed by atoms with Gasteiger partial charge < -0.3 is 21.1 Å². The zero-order valence-corrected chi connectivity index (χ0v) is 20.4. The van der Waals surface area contributed by atoms with Crippen molar-refractivity contribution in [2.75, 3.05) is 25.0 Å². The van der Waals surface area contributed by atoms with E-state index in [-0.39, 0.29) is 25.5 Å². The predicted octanol–water partition coefficient (Wildman–Crippen LogP) is 4.08. The maximum atomic E-state index is 13.2. The Bertz CT molecular complexity index is 1210. The van der Waals surface area contributed by atoms with E-state index in [0.29, 0.717) is 46.3 Å². The second-order valence-corrected chi connectivity index (χ2v) is 8.36. The third kappa shape index (κ3) is 6.60. The SMILES string of the molecule is CCCN(CC(N)=O)C(=O)C1=Cc2cc(-c3ccc(NC(=O)OCC)cc3Cl)ccc2N=C(N)C1. The monoisotopic (exact) mass is 497 g/mol. The van der Waals surface area contributed by atoms with Crippen molar-refractivity contribution in [1.29, 1.82) is 0 Å². The molecule has 0 spiro atoms. The number of nitrogens with two attached hydrogens (primary N) is 2. The largest absolute Gasteiger partial charge is 0.450 e. The topological polar surface area (TPSA) is 140 Å². The molecule has 9 nitrogen and oxygen atoms in total. The highest BCUT2D eigenvalue weighted by atomic mass is 35.5. The number of benzene rings is 2. The standard InChI is InChI=1S/C25H28ClN5O4/c1-3-9-31(14-23(28)32)24(33)17-11-16-10-15(5-8-21(16)30-22(27)12-17)19-7-6-18(13-20(19)26)29-25(34)35-4-2/h5-8,10-11,13H,3-4,9,12,14H2,1-2H3,(H2,27,30)(H2,28,32)(H,29,34). The molecule has 1 heterocycles. The van der Waals surface area contributed by atoms with Gasteiger partial charge in [0, 0.05) is 35.4 Å². The van der Waals surface area contributed by atoms with Gasteiger partial charge in [-0.1, -0.05) is 30.7 Å². The molecule has 5 N–H and O–H groups in total. The van der Waals surface area contributed by atoms with Crippen LogP contribution in [-0.4, -0.2) is 48.3 Å². The van der Waals surface area contributed by atoms with Crippen LogP contribution in [0, 0.1) is 0 Å². The van der Waals surface area contributed by atoms with Gasteiger partial charge in [0.1, 0.15) is 5.84 Å². The molecule has 0 bridgehead atoms. The third-order valence-electron chi connectivity index (χ3n) is 5.20. The number of carbonyl (C=O) groups is 3. The summed E-state index contributed by atoms with van der Waals surface area (Å²) in [5, 5.41) is 3.04. The van der Waals surface area contributed by atoms with Crippen molar-refractivity contribution in [3.8, 4) is 11.1 Å². The number of amidine groups is 1. The summed E-state index contributed by atoms with van der Waals surface area (Å²) < 4.78 is 4.89. The molecule has 0 unspecified atom stereocenters. The van der Waals surface area contributed by atoms with Gasteiger partial charge in [-0.15, -0.1) is 0 Å². The number of rotatable bonds is 8. The summed E-state index contributed by atoms with van der Waals surface area (Å²) in [6.45, 7) is 4.12. The number of hydrogen-bond donors (Lipinski definition) is 3. The van der Waals surface area contributed by atoms with Crippen molar-refractivity contribution in [2.24, 2.45) is 16.5 Å². The second kappa shape index (κ2) is 11.5. The van der Waals surface area contributed by atoms with Crippen LogP contribution < -0.4 is 16.8 Å². The lowest BCUT2D eigenvalue weighted by atomic mass is 9.99. The molecule has 0 radical (unpaired) electrons. The number of nitrogens with zero attached hydrogens (tertiary/aromatic N) is 2. The average molecular weight is 498 g/mol. The van der Waals surface area contributed by atoms with E-state index < -0.39 is 12.0 Å². The number of halogens is 1. The minimum absolute atomic E-state index is 0.150. The third-order valence-corrected chi connectivity index (χ3v) is 5.51. The maximum absolute atomic E-state index is 13.2. The fraction of sp³-hybridized carbons (Fsp3) is 0.280. The van der Waals surface area contributed by atoms with Gasteiger partial charge in [-0.05, 0) is 49.2 Å². The molecule has 0 aliphatic carbocycles. The quantitative estimate of drug-likeness (QED) is 0.504. The first-order chi connectivity index (χ1) is 16.7. The number of amides is 3. The number of fused-ring (bicyclic) bond motifs is 1. The Balaban J connectivity index is 1.96. The zero-order chi connectivity index (χ0) is 25.5. The Morgan fingerprint density at radius 3 is 2.60 bits per heavy atom. The number of carbonyl (C=O) groups excluding carboxylic acids is 3. The maximum Gasteiger partial charge on any atom is 0.411 e. The number of ether oxygens (including phenoxy) is 1. The van der Waals surface area contributed by atoms with Crippen molar-refractivity contribution >= 4 is 52.8 Å². The van der Waals surface area contributed by atoms with E-state index in [1.165, 1.54) is 4.90 Å². The summed E-state index contributed by atoms with van der Waals surface area (Å²) in [7, 11) is 0. The van der Waals surface area contributed by atoms with Crippen LogP contribution in [0.4, 0.5) is 16.2 Å². The van der Waals surface area contributed by atoms with Crippen LogP contribution in [0.15, 0.2) is 47.0 Å². The number of hydrogen-bond acceptors (Lipinski definition) is 6. The molecule has 3 amide bonds. The Morgan fingerprint density at radius 1 is 1.17 bits per heavy atom. The van der Waals surface area contributed by atoms with Crippen LogP contribution in [0.2, 0.25) is 5.02 Å². The summed E-state index contributed by atoms with van der Waals surface area (Å²) >= 11 is 6.51. The highest BCUT2D eigenvalue weighted by molar-refractivity contribution is 6.33. The van der Waals surface area contributed by atoms with Gasteiger partial charge in [0.25, 0.3) is 5.91 Å². The van der Waals surface area contributed by atoms with E-state index in [1.54, 1.807) is 37.3 Å². The highest BCUT2D eigenvalue weighted by Gasteiger charge is 2.22. The Kier molecular flexibility index (Phi) is 8.48. The van der Waals surface area contributed by atoms with E-state index in [1.807, 2.05) is 19.1 Å². The van der Waals surface area contributed by atoms with Gasteiger partial charge in [-0.3, -0.25) is 14.9 Å². The first-order valence-corrected chi connectivity index (χ1v) is 11.6. The normalized spacial score (nSPS) is 12.5. The molecule has 10 heteroatoms. The molecule has 0 saturated carbocycles. The number of primary amides is 1. The van der Waals surface area contributed by atoms with Crippen LogP contribution in [0.5, 0.6) is 0 Å². The molecular formula is C25H28ClN5O4. The van der Waals surface area contributed by atoms with Crippen LogP contribution in [0.3, 0.4) is 0 Å². The number of nitrogens with one attached hydrogen (secondary N) is 1. The van der Waals surface area contributed by atoms with E-state index in [2.05, 4.69) is 10.3 Å². The van der Waals surface area contributed by atoms with Crippen molar-refractivity contribution in [3.05, 3.63) is 52.6 Å². The number of anilines is 1. The van der Waals surface area contributed by atoms with Crippen LogP contribution in [0.1, 0.15) is 32.3 Å². The molecule has 35 heavy (non-hydrogen) atoms. The predicted molar refractivity (Wildman–Crippen MR) is 137 cm³/mol. The lowest BCUT2D eigenvalue weighted by Crippen LogP contribution is -2.40. The molecule has 2 aromatic carbocycles. The molecule has 2 aromatic rings. The Morgan fingerprint density at radius 2 is 1.94 bits per heavy atom. The highest BCUT2D eigenvalue weighted by Crippen LogP contribution is 2.35. The van der Waals surface area contributed by atoms with Gasteiger partial charge in [0.05, 0.1) is 23.9 Å². The molecule has 0 saturated heterocycles. The van der Waals surface area contributed by atoms with Crippen molar-refractivity contribution in [1.82, 2.24) is 4.90 Å². The van der Waals surface area contributed by atoms with Gasteiger partial charge in [-0.25, -0.2) is 9.79 Å². The molecule has 3 rings (SSSR count). The molecule has 1 aliphatic rings. The molecule has 0 aromatic heterocycles. The smallest absolute Gasteiger partial charge is 0.411 e. The lowest BCUT2D eigenvalue weighted by molar-refractivity contribution is -0.132. The van der Waals surface area contributed by atoms with E-state index in [0.717, 1.165) is 11.1 Å². The van der Waals surface area contributed by atoms with Crippen LogP contribution in [-0.2, 0) is 14.3 Å². The van der Waals surface area contributed by atoms with Crippen LogP contribution >= 0.6 is 11.6 Å². The van der Waals surface area contributed by atoms with E-state index >= 15 is 0 Å². The van der Waals surface area contributed by atoms with E-state index in [4.69, 9.17) is 27.8 Å². The van der Waals surface area contributed by atoms with Crippen molar-refractivity contribution in [2.45, 2.75) is 26.7 Å². The fourth-order valence-electron chi connectivity index (χ4n) is 3.73.